The molecule has 0 unspecified atom stereocenters. The van der Waals surface area contributed by atoms with Gasteiger partial charge in [-0.2, -0.15) is 0 Å². The summed E-state index contributed by atoms with van der Waals surface area (Å²) in [5.41, 5.74) is 2.61. The van der Waals surface area contributed by atoms with Crippen LogP contribution in [0.25, 0.3) is 0 Å². The summed E-state index contributed by atoms with van der Waals surface area (Å²) in [7, 11) is 1.70. The zero-order valence-electron chi connectivity index (χ0n) is 15.3. The third-order valence-electron chi connectivity index (χ3n) is 3.97. The Morgan fingerprint density at radius 2 is 1.92 bits per heavy atom. The molecule has 1 saturated heterocycles. The van der Waals surface area contributed by atoms with Crippen LogP contribution in [0.2, 0.25) is 0 Å². The van der Waals surface area contributed by atoms with Crippen molar-refractivity contribution in [2.45, 2.75) is 20.0 Å². The van der Waals surface area contributed by atoms with Crippen LogP contribution in [-0.4, -0.2) is 64.0 Å². The van der Waals surface area contributed by atoms with Crippen LogP contribution in [0.15, 0.2) is 29.3 Å². The highest BCUT2D eigenvalue weighted by Crippen LogP contribution is 2.14. The number of rotatable bonds is 8. The van der Waals surface area contributed by atoms with Gasteiger partial charge in [-0.1, -0.05) is 24.3 Å². The second-order valence-electron chi connectivity index (χ2n) is 5.77. The van der Waals surface area contributed by atoms with Crippen LogP contribution in [-0.2, 0) is 22.6 Å². The normalized spacial score (nSPS) is 15.5. The maximum Gasteiger partial charge on any atom is 0.191 e. The zero-order valence-corrected chi connectivity index (χ0v) is 17.6. The van der Waals surface area contributed by atoms with E-state index in [0.29, 0.717) is 13.2 Å². The molecule has 0 amide bonds. The highest BCUT2D eigenvalue weighted by atomic mass is 127. The third kappa shape index (κ3) is 8.35. The van der Waals surface area contributed by atoms with Gasteiger partial charge in [0.05, 0.1) is 26.4 Å². The SMILES string of the molecule is CCNC(=NCc1ccccc1CN1CCOCC1)NCCOC.I. The molecule has 0 bridgehead atoms. The third-order valence-corrected chi connectivity index (χ3v) is 3.97. The Morgan fingerprint density at radius 3 is 2.60 bits per heavy atom. The first-order valence-corrected chi connectivity index (χ1v) is 8.71. The number of ether oxygens (including phenoxy) is 2. The van der Waals surface area contributed by atoms with E-state index in [2.05, 4.69) is 46.7 Å². The van der Waals surface area contributed by atoms with E-state index in [0.717, 1.165) is 51.9 Å². The molecule has 1 heterocycles. The molecule has 1 aromatic rings. The van der Waals surface area contributed by atoms with Crippen molar-refractivity contribution in [3.8, 4) is 0 Å². The summed E-state index contributed by atoms with van der Waals surface area (Å²) in [4.78, 5) is 7.14. The van der Waals surface area contributed by atoms with Gasteiger partial charge in [0, 0.05) is 39.8 Å². The largest absolute Gasteiger partial charge is 0.383 e. The minimum absolute atomic E-state index is 0. The first-order chi connectivity index (χ1) is 11.8. The van der Waals surface area contributed by atoms with Crippen molar-refractivity contribution in [3.05, 3.63) is 35.4 Å². The Kier molecular flexibility index (Phi) is 11.8. The van der Waals surface area contributed by atoms with Crippen molar-refractivity contribution in [2.75, 3.05) is 53.1 Å². The lowest BCUT2D eigenvalue weighted by Gasteiger charge is -2.27. The monoisotopic (exact) mass is 462 g/mol. The zero-order chi connectivity index (χ0) is 17.0. The summed E-state index contributed by atoms with van der Waals surface area (Å²) in [6.07, 6.45) is 0. The van der Waals surface area contributed by atoms with Crippen LogP contribution >= 0.6 is 24.0 Å². The maximum absolute atomic E-state index is 5.43. The van der Waals surface area contributed by atoms with Gasteiger partial charge >= 0.3 is 0 Å². The fourth-order valence-corrected chi connectivity index (χ4v) is 2.64. The highest BCUT2D eigenvalue weighted by molar-refractivity contribution is 14.0. The van der Waals surface area contributed by atoms with E-state index in [9.17, 15) is 0 Å². The van der Waals surface area contributed by atoms with Gasteiger partial charge in [0.1, 0.15) is 0 Å². The summed E-state index contributed by atoms with van der Waals surface area (Å²) in [6.45, 7) is 9.61. The van der Waals surface area contributed by atoms with Crippen molar-refractivity contribution in [2.24, 2.45) is 4.99 Å². The van der Waals surface area contributed by atoms with E-state index in [1.807, 2.05) is 0 Å². The van der Waals surface area contributed by atoms with Crippen molar-refractivity contribution < 1.29 is 9.47 Å². The molecule has 0 radical (unpaired) electrons. The first kappa shape index (κ1) is 22.1. The number of nitrogens with zero attached hydrogens (tertiary/aromatic N) is 2. The smallest absolute Gasteiger partial charge is 0.191 e. The number of benzene rings is 1. The summed E-state index contributed by atoms with van der Waals surface area (Å²) in [6, 6.07) is 8.55. The van der Waals surface area contributed by atoms with Crippen molar-refractivity contribution in [3.63, 3.8) is 0 Å². The predicted molar refractivity (Wildman–Crippen MR) is 113 cm³/mol. The average molecular weight is 462 g/mol. The molecule has 142 valence electrons. The lowest BCUT2D eigenvalue weighted by Crippen LogP contribution is -2.39. The van der Waals surface area contributed by atoms with Gasteiger partial charge in [-0.05, 0) is 18.1 Å². The molecule has 0 saturated carbocycles. The lowest BCUT2D eigenvalue weighted by atomic mass is 10.1. The van der Waals surface area contributed by atoms with Crippen LogP contribution in [0.1, 0.15) is 18.1 Å². The number of guanidine groups is 1. The van der Waals surface area contributed by atoms with E-state index >= 15 is 0 Å². The fourth-order valence-electron chi connectivity index (χ4n) is 2.64. The second-order valence-corrected chi connectivity index (χ2v) is 5.77. The molecule has 1 aliphatic heterocycles. The Bertz CT molecular complexity index is 508. The number of morpholine rings is 1. The number of methoxy groups -OCH3 is 1. The van der Waals surface area contributed by atoms with Gasteiger partial charge in [0.2, 0.25) is 0 Å². The van der Waals surface area contributed by atoms with Crippen LogP contribution in [0.3, 0.4) is 0 Å². The number of halogens is 1. The Hall–Kier alpha value is -0.900. The molecule has 7 heteroatoms. The summed E-state index contributed by atoms with van der Waals surface area (Å²) in [5.74, 6) is 0.829. The molecule has 1 aliphatic rings. The van der Waals surface area contributed by atoms with Crippen LogP contribution in [0.5, 0.6) is 0 Å². The average Bonchev–Trinajstić information content (AvgIpc) is 2.62. The second kappa shape index (κ2) is 13.3. The molecular formula is C18H31IN4O2. The van der Waals surface area contributed by atoms with E-state index in [4.69, 9.17) is 14.5 Å². The van der Waals surface area contributed by atoms with Crippen molar-refractivity contribution in [1.82, 2.24) is 15.5 Å². The maximum atomic E-state index is 5.43. The molecular weight excluding hydrogens is 431 g/mol. The Morgan fingerprint density at radius 1 is 1.20 bits per heavy atom. The number of nitrogens with one attached hydrogen (secondary N) is 2. The number of hydrogen-bond donors (Lipinski definition) is 2. The lowest BCUT2D eigenvalue weighted by molar-refractivity contribution is 0.0341. The van der Waals surface area contributed by atoms with E-state index < -0.39 is 0 Å². The first-order valence-electron chi connectivity index (χ1n) is 8.71. The van der Waals surface area contributed by atoms with E-state index in [1.54, 1.807) is 7.11 Å². The van der Waals surface area contributed by atoms with Gasteiger partial charge in [0.25, 0.3) is 0 Å². The molecule has 6 nitrogen and oxygen atoms in total. The van der Waals surface area contributed by atoms with Crippen LogP contribution < -0.4 is 10.6 Å². The van der Waals surface area contributed by atoms with Gasteiger partial charge in [-0.15, -0.1) is 24.0 Å². The molecule has 2 rings (SSSR count). The van der Waals surface area contributed by atoms with Gasteiger partial charge in [0.15, 0.2) is 5.96 Å². The molecule has 0 aliphatic carbocycles. The molecule has 0 spiro atoms. The van der Waals surface area contributed by atoms with Gasteiger partial charge < -0.3 is 20.1 Å². The molecule has 2 N–H and O–H groups in total. The number of aliphatic imine (C=N–C) groups is 1. The quantitative estimate of drug-likeness (QED) is 0.267. The fraction of sp³-hybridized carbons (Fsp3) is 0.611. The summed E-state index contributed by atoms with van der Waals surface area (Å²) in [5, 5.41) is 6.55. The Balaban J connectivity index is 0.00000312. The van der Waals surface area contributed by atoms with Crippen LogP contribution in [0, 0.1) is 0 Å². The summed E-state index contributed by atoms with van der Waals surface area (Å²) < 4.78 is 10.5. The molecule has 1 fully saturated rings. The van der Waals surface area contributed by atoms with E-state index in [-0.39, 0.29) is 24.0 Å². The standard InChI is InChI=1S/C18H30N4O2.HI/c1-3-19-18(20-8-11-23-2)21-14-16-6-4-5-7-17(16)15-22-9-12-24-13-10-22;/h4-7H,3,8-15H2,1-2H3,(H2,19,20,21);1H. The predicted octanol–water partition coefficient (Wildman–Crippen LogP) is 1.84. The minimum atomic E-state index is 0. The van der Waals surface area contributed by atoms with Gasteiger partial charge in [-0.25, -0.2) is 4.99 Å². The van der Waals surface area contributed by atoms with Crippen molar-refractivity contribution >= 4 is 29.9 Å². The molecule has 0 atom stereocenters. The van der Waals surface area contributed by atoms with Crippen LogP contribution in [0.4, 0.5) is 0 Å². The molecule has 1 aromatic carbocycles. The Labute approximate surface area is 168 Å². The van der Waals surface area contributed by atoms with Gasteiger partial charge in [-0.3, -0.25) is 4.90 Å². The van der Waals surface area contributed by atoms with E-state index in [1.165, 1.54) is 11.1 Å². The highest BCUT2D eigenvalue weighted by Gasteiger charge is 2.12. The molecule has 25 heavy (non-hydrogen) atoms. The van der Waals surface area contributed by atoms with Crippen molar-refractivity contribution in [1.29, 1.82) is 0 Å². The topological polar surface area (TPSA) is 58.1 Å². The minimum Gasteiger partial charge on any atom is -0.383 e. The molecule has 0 aromatic heterocycles. The number of hydrogen-bond acceptors (Lipinski definition) is 4. The summed E-state index contributed by atoms with van der Waals surface area (Å²) >= 11 is 0.